The molecule has 3 aromatic carbocycles. The van der Waals surface area contributed by atoms with E-state index in [-0.39, 0.29) is 11.0 Å². The van der Waals surface area contributed by atoms with Gasteiger partial charge in [0, 0.05) is 43.1 Å². The minimum Gasteiger partial charge on any atom is -0.497 e. The molecule has 0 unspecified atom stereocenters. The van der Waals surface area contributed by atoms with Crippen LogP contribution in [-0.2, 0) is 22.7 Å². The molecule has 0 aliphatic heterocycles. The van der Waals surface area contributed by atoms with Crippen molar-refractivity contribution in [3.8, 4) is 17.2 Å². The van der Waals surface area contributed by atoms with Crippen molar-refractivity contribution in [3.63, 3.8) is 0 Å². The van der Waals surface area contributed by atoms with E-state index in [9.17, 15) is 39.9 Å². The van der Waals surface area contributed by atoms with Gasteiger partial charge in [0.1, 0.15) is 5.75 Å². The summed E-state index contributed by atoms with van der Waals surface area (Å²) in [5.41, 5.74) is 0.539. The molecule has 0 radical (unpaired) electrons. The molecule has 0 aromatic heterocycles. The van der Waals surface area contributed by atoms with Crippen LogP contribution in [0.4, 0.5) is 17.1 Å². The smallest absolute Gasteiger partial charge is 0.324 e. The maximum atomic E-state index is 11.5. The van der Waals surface area contributed by atoms with Crippen molar-refractivity contribution in [2.24, 2.45) is 0 Å². The van der Waals surface area contributed by atoms with Crippen LogP contribution in [-0.4, -0.2) is 43.8 Å². The van der Waals surface area contributed by atoms with Crippen molar-refractivity contribution in [1.29, 1.82) is 0 Å². The Labute approximate surface area is 260 Å². The molecule has 17 heteroatoms. The standard InChI is InChI=1S/C21H23Cl2NO4.C6H3N3O7/c1-12-6-13(2)20(27-14(3)25)16(7-12)10-24(5)11-17-8-18(22)9-19(23)21(17)28-15(4)26;10-6-4(8(13)14)1-3(7(11)12)2-5(6)9(15)16/h6-9H,10-11H2,1-5H3;1-2,10H. The first-order chi connectivity index (χ1) is 20.4. The molecule has 0 spiro atoms. The number of phenols is 1. The Morgan fingerprint density at radius 1 is 0.795 bits per heavy atom. The fourth-order valence-corrected chi connectivity index (χ4v) is 4.62. The largest absolute Gasteiger partial charge is 0.497 e. The van der Waals surface area contributed by atoms with Crippen LogP contribution in [0.3, 0.4) is 0 Å². The van der Waals surface area contributed by atoms with Crippen LogP contribution >= 0.6 is 23.2 Å². The van der Waals surface area contributed by atoms with Gasteiger partial charge in [-0.05, 0) is 38.6 Å². The Hall–Kier alpha value is -4.86. The Kier molecular flexibility index (Phi) is 12.1. The van der Waals surface area contributed by atoms with E-state index in [1.54, 1.807) is 6.07 Å². The molecule has 0 aliphatic rings. The lowest BCUT2D eigenvalue weighted by molar-refractivity contribution is -0.404. The number of phenolic OH excluding ortho intramolecular Hbond substituents is 1. The molecule has 0 amide bonds. The molecule has 1 N–H and O–H groups in total. The van der Waals surface area contributed by atoms with Crippen LogP contribution in [0, 0.1) is 44.2 Å². The summed E-state index contributed by atoms with van der Waals surface area (Å²) >= 11 is 12.3. The van der Waals surface area contributed by atoms with Gasteiger partial charge in [-0.1, -0.05) is 40.9 Å². The van der Waals surface area contributed by atoms with E-state index >= 15 is 0 Å². The van der Waals surface area contributed by atoms with E-state index in [1.165, 1.54) is 19.9 Å². The minimum atomic E-state index is -1.21. The predicted molar refractivity (Wildman–Crippen MR) is 158 cm³/mol. The van der Waals surface area contributed by atoms with E-state index in [0.29, 0.717) is 47.3 Å². The third-order valence-corrected chi connectivity index (χ3v) is 6.11. The molecule has 0 aliphatic carbocycles. The fourth-order valence-electron chi connectivity index (χ4n) is 4.05. The topological polar surface area (TPSA) is 205 Å². The van der Waals surface area contributed by atoms with E-state index in [2.05, 4.69) is 0 Å². The number of halogens is 2. The SMILES string of the molecule is CC(=O)Oc1c(C)cc(C)cc1CN(C)Cc1cc(Cl)cc(Cl)c1OC(C)=O.O=[N+]([O-])c1cc([N+](=O)[O-])c(O)c([N+](=O)[O-])c1. The maximum absolute atomic E-state index is 11.5. The van der Waals surface area contributed by atoms with Gasteiger partial charge in [0.05, 0.1) is 31.9 Å². The lowest BCUT2D eigenvalue weighted by Gasteiger charge is -2.21. The van der Waals surface area contributed by atoms with E-state index in [4.69, 9.17) is 37.8 Å². The van der Waals surface area contributed by atoms with Gasteiger partial charge in [0.25, 0.3) is 11.4 Å². The summed E-state index contributed by atoms with van der Waals surface area (Å²) in [6.45, 7) is 7.53. The molecular formula is C27H26Cl2N4O11. The van der Waals surface area contributed by atoms with Crippen LogP contribution in [0.5, 0.6) is 17.2 Å². The number of benzene rings is 3. The number of carbonyl (C=O) groups is 2. The number of ether oxygens (including phenoxy) is 2. The Bertz CT molecular complexity index is 1540. The molecule has 0 saturated heterocycles. The third-order valence-electron chi connectivity index (χ3n) is 5.61. The zero-order valence-corrected chi connectivity index (χ0v) is 25.5. The van der Waals surface area contributed by atoms with Crippen LogP contribution in [0.2, 0.25) is 10.0 Å². The van der Waals surface area contributed by atoms with Gasteiger partial charge in [-0.3, -0.25) is 44.8 Å². The number of aromatic hydroxyl groups is 1. The van der Waals surface area contributed by atoms with Crippen LogP contribution in [0.1, 0.15) is 36.1 Å². The highest BCUT2D eigenvalue weighted by molar-refractivity contribution is 6.35. The molecule has 0 fully saturated rings. The van der Waals surface area contributed by atoms with E-state index in [1.807, 2.05) is 37.9 Å². The molecule has 234 valence electrons. The number of nitrogens with zero attached hydrogens (tertiary/aromatic N) is 4. The lowest BCUT2D eigenvalue weighted by Crippen LogP contribution is -2.20. The number of non-ortho nitro benzene ring substituents is 1. The second-order valence-electron chi connectivity index (χ2n) is 9.41. The first-order valence-corrected chi connectivity index (χ1v) is 13.1. The van der Waals surface area contributed by atoms with Gasteiger partial charge in [-0.25, -0.2) is 0 Å². The summed E-state index contributed by atoms with van der Waals surface area (Å²) in [7, 11) is 1.90. The van der Waals surface area contributed by atoms with E-state index in [0.717, 1.165) is 16.7 Å². The zero-order valence-electron chi connectivity index (χ0n) is 24.0. The third kappa shape index (κ3) is 9.58. The highest BCUT2D eigenvalue weighted by Gasteiger charge is 2.30. The fraction of sp³-hybridized carbons (Fsp3) is 0.259. The number of carbonyl (C=O) groups excluding carboxylic acids is 2. The van der Waals surface area contributed by atoms with Crippen molar-refractivity contribution in [2.45, 2.75) is 40.8 Å². The van der Waals surface area contributed by atoms with Crippen molar-refractivity contribution >= 4 is 52.2 Å². The van der Waals surface area contributed by atoms with Crippen molar-refractivity contribution in [3.05, 3.63) is 99.0 Å². The van der Waals surface area contributed by atoms with Crippen LogP contribution in [0.15, 0.2) is 36.4 Å². The number of hydrogen-bond acceptors (Lipinski definition) is 12. The molecule has 0 atom stereocenters. The van der Waals surface area contributed by atoms with Gasteiger partial charge in [-0.2, -0.15) is 0 Å². The Balaban J connectivity index is 0.000000358. The molecule has 44 heavy (non-hydrogen) atoms. The number of nitro groups is 3. The monoisotopic (exact) mass is 652 g/mol. The molecule has 15 nitrogen and oxygen atoms in total. The normalized spacial score (nSPS) is 10.5. The Morgan fingerprint density at radius 3 is 1.73 bits per heavy atom. The summed E-state index contributed by atoms with van der Waals surface area (Å²) in [6.07, 6.45) is 0. The van der Waals surface area contributed by atoms with Crippen molar-refractivity contribution < 1.29 is 38.9 Å². The summed E-state index contributed by atoms with van der Waals surface area (Å²) in [6, 6.07) is 8.10. The lowest BCUT2D eigenvalue weighted by atomic mass is 10.0. The number of rotatable bonds is 9. The molecule has 0 heterocycles. The average Bonchev–Trinajstić information content (AvgIpc) is 2.87. The number of aryl methyl sites for hydroxylation is 2. The number of nitro benzene ring substituents is 3. The highest BCUT2D eigenvalue weighted by atomic mass is 35.5. The van der Waals surface area contributed by atoms with Crippen LogP contribution in [0.25, 0.3) is 0 Å². The summed E-state index contributed by atoms with van der Waals surface area (Å²) in [5, 5.41) is 40.9. The maximum Gasteiger partial charge on any atom is 0.324 e. The quantitative estimate of drug-likeness (QED) is 0.118. The van der Waals surface area contributed by atoms with E-state index < -0.39 is 43.6 Å². The van der Waals surface area contributed by atoms with Crippen molar-refractivity contribution in [2.75, 3.05) is 7.05 Å². The first-order valence-electron chi connectivity index (χ1n) is 12.3. The van der Waals surface area contributed by atoms with Crippen molar-refractivity contribution in [1.82, 2.24) is 4.90 Å². The molecule has 3 aromatic rings. The number of hydrogen-bond donors (Lipinski definition) is 1. The van der Waals surface area contributed by atoms with Gasteiger partial charge in [0.2, 0.25) is 0 Å². The first kappa shape index (κ1) is 35.3. The highest BCUT2D eigenvalue weighted by Crippen LogP contribution is 2.39. The van der Waals surface area contributed by atoms with Gasteiger partial charge >= 0.3 is 23.3 Å². The second kappa shape index (κ2) is 15.0. The summed E-state index contributed by atoms with van der Waals surface area (Å²) in [5.74, 6) is -1.17. The van der Waals surface area contributed by atoms with Gasteiger partial charge in [0.15, 0.2) is 5.75 Å². The van der Waals surface area contributed by atoms with Gasteiger partial charge < -0.3 is 14.6 Å². The molecule has 3 rings (SSSR count). The molecule has 0 saturated carbocycles. The Morgan fingerprint density at radius 2 is 1.27 bits per heavy atom. The van der Waals surface area contributed by atoms with Crippen LogP contribution < -0.4 is 9.47 Å². The molecule has 0 bridgehead atoms. The average molecular weight is 653 g/mol. The minimum absolute atomic E-state index is 0.276. The second-order valence-corrected chi connectivity index (χ2v) is 10.3. The predicted octanol–water partition coefficient (Wildman–Crippen LogP) is 6.21. The van der Waals surface area contributed by atoms with Gasteiger partial charge in [-0.15, -0.1) is 0 Å². The summed E-state index contributed by atoms with van der Waals surface area (Å²) in [4.78, 5) is 52.7. The number of esters is 2. The zero-order chi connectivity index (χ0) is 33.5. The summed E-state index contributed by atoms with van der Waals surface area (Å²) < 4.78 is 10.7. The molecular weight excluding hydrogens is 627 g/mol.